The number of benzene rings is 1. The Kier molecular flexibility index (Phi) is 3.97. The van der Waals surface area contributed by atoms with Crippen LogP contribution in [-0.4, -0.2) is 15.9 Å². The maximum atomic E-state index is 13.3. The minimum Gasteiger partial charge on any atom is -0.322 e. The van der Waals surface area contributed by atoms with Crippen molar-refractivity contribution in [3.05, 3.63) is 51.8 Å². The molecule has 98 valence electrons. The van der Waals surface area contributed by atoms with E-state index in [0.29, 0.717) is 11.3 Å². The molecule has 1 aromatic carbocycles. The molecule has 1 N–H and O–H groups in total. The molecule has 0 saturated carbocycles. The molecule has 7 heteroatoms. The Labute approximate surface area is 118 Å². The fourth-order valence-electron chi connectivity index (χ4n) is 1.36. The summed E-state index contributed by atoms with van der Waals surface area (Å²) in [4.78, 5) is 19.2. The maximum absolute atomic E-state index is 13.3. The molecular weight excluding hydrogens is 292 g/mol. The van der Waals surface area contributed by atoms with Gasteiger partial charge in [-0.25, -0.2) is 14.4 Å². The Balaban J connectivity index is 2.23. The monoisotopic (exact) mass is 299 g/mol. The molecule has 0 fully saturated rings. The highest BCUT2D eigenvalue weighted by Crippen LogP contribution is 2.18. The van der Waals surface area contributed by atoms with Crippen LogP contribution in [0.2, 0.25) is 10.4 Å². The van der Waals surface area contributed by atoms with E-state index in [4.69, 9.17) is 23.2 Å². The third kappa shape index (κ3) is 3.19. The number of halogens is 3. The summed E-state index contributed by atoms with van der Waals surface area (Å²) in [5, 5.41) is 2.38. The van der Waals surface area contributed by atoms with Gasteiger partial charge in [0.05, 0.1) is 5.56 Å². The lowest BCUT2D eigenvalue weighted by Gasteiger charge is -2.07. The summed E-state index contributed by atoms with van der Waals surface area (Å²) in [5.41, 5.74) is 0.872. The SMILES string of the molecule is Cc1ccc(NC(=O)c2cnc(Cl)nc2Cl)cc1F. The van der Waals surface area contributed by atoms with Crippen molar-refractivity contribution in [3.63, 3.8) is 0 Å². The van der Waals surface area contributed by atoms with Gasteiger partial charge in [-0.1, -0.05) is 17.7 Å². The van der Waals surface area contributed by atoms with Gasteiger partial charge in [0.2, 0.25) is 5.28 Å². The molecule has 0 aliphatic rings. The molecule has 0 spiro atoms. The normalized spacial score (nSPS) is 10.3. The molecule has 0 radical (unpaired) electrons. The Morgan fingerprint density at radius 2 is 2.11 bits per heavy atom. The van der Waals surface area contributed by atoms with Gasteiger partial charge in [-0.2, -0.15) is 0 Å². The van der Waals surface area contributed by atoms with Crippen molar-refractivity contribution in [2.75, 3.05) is 5.32 Å². The molecule has 2 rings (SSSR count). The standard InChI is InChI=1S/C12H8Cl2FN3O/c1-6-2-3-7(4-9(6)15)17-11(19)8-5-16-12(14)18-10(8)13/h2-5H,1H3,(H,17,19). The highest BCUT2D eigenvalue weighted by molar-refractivity contribution is 6.34. The number of aromatic nitrogens is 2. The second kappa shape index (κ2) is 5.50. The third-order valence-electron chi connectivity index (χ3n) is 2.39. The molecular formula is C12H8Cl2FN3O. The number of rotatable bonds is 2. The fourth-order valence-corrected chi connectivity index (χ4v) is 1.75. The smallest absolute Gasteiger partial charge is 0.260 e. The van der Waals surface area contributed by atoms with Crippen molar-refractivity contribution in [1.29, 1.82) is 0 Å². The van der Waals surface area contributed by atoms with Crippen LogP contribution in [0.15, 0.2) is 24.4 Å². The van der Waals surface area contributed by atoms with E-state index in [1.54, 1.807) is 19.1 Å². The van der Waals surface area contributed by atoms with Gasteiger partial charge in [0.25, 0.3) is 5.91 Å². The van der Waals surface area contributed by atoms with Crippen LogP contribution < -0.4 is 5.32 Å². The predicted octanol–water partition coefficient (Wildman–Crippen LogP) is 3.48. The molecule has 0 aliphatic carbocycles. The van der Waals surface area contributed by atoms with Gasteiger partial charge in [-0.05, 0) is 36.2 Å². The lowest BCUT2D eigenvalue weighted by Crippen LogP contribution is -2.13. The molecule has 1 amide bonds. The van der Waals surface area contributed by atoms with Crippen LogP contribution in [0.4, 0.5) is 10.1 Å². The van der Waals surface area contributed by atoms with E-state index in [9.17, 15) is 9.18 Å². The van der Waals surface area contributed by atoms with Crippen molar-refractivity contribution in [1.82, 2.24) is 9.97 Å². The average Bonchev–Trinajstić information content (AvgIpc) is 2.33. The zero-order chi connectivity index (χ0) is 14.0. The number of hydrogen-bond acceptors (Lipinski definition) is 3. The molecule has 1 aromatic heterocycles. The van der Waals surface area contributed by atoms with Crippen molar-refractivity contribution >= 4 is 34.8 Å². The topological polar surface area (TPSA) is 54.9 Å². The summed E-state index contributed by atoms with van der Waals surface area (Å²) in [6.45, 7) is 1.63. The Morgan fingerprint density at radius 1 is 1.37 bits per heavy atom. The van der Waals surface area contributed by atoms with E-state index in [0.717, 1.165) is 0 Å². The van der Waals surface area contributed by atoms with Crippen LogP contribution in [0.25, 0.3) is 0 Å². The molecule has 0 aliphatic heterocycles. The zero-order valence-electron chi connectivity index (χ0n) is 9.75. The van der Waals surface area contributed by atoms with Gasteiger partial charge in [-0.3, -0.25) is 4.79 Å². The first kappa shape index (κ1) is 13.7. The largest absolute Gasteiger partial charge is 0.322 e. The maximum Gasteiger partial charge on any atom is 0.260 e. The Morgan fingerprint density at radius 3 is 2.74 bits per heavy atom. The van der Waals surface area contributed by atoms with Gasteiger partial charge in [0.15, 0.2) is 0 Å². The lowest BCUT2D eigenvalue weighted by molar-refractivity contribution is 0.102. The first-order valence-electron chi connectivity index (χ1n) is 5.23. The minimum absolute atomic E-state index is 0.0528. The van der Waals surface area contributed by atoms with Crippen molar-refractivity contribution < 1.29 is 9.18 Å². The van der Waals surface area contributed by atoms with Gasteiger partial charge in [0, 0.05) is 11.9 Å². The van der Waals surface area contributed by atoms with E-state index in [1.165, 1.54) is 12.3 Å². The number of aryl methyl sites for hydroxylation is 1. The van der Waals surface area contributed by atoms with Crippen LogP contribution in [-0.2, 0) is 0 Å². The summed E-state index contributed by atoms with van der Waals surface area (Å²) >= 11 is 11.3. The lowest BCUT2D eigenvalue weighted by atomic mass is 10.2. The molecule has 4 nitrogen and oxygen atoms in total. The van der Waals surface area contributed by atoms with Crippen molar-refractivity contribution in [2.24, 2.45) is 0 Å². The van der Waals surface area contributed by atoms with E-state index in [2.05, 4.69) is 15.3 Å². The molecule has 0 saturated heterocycles. The van der Waals surface area contributed by atoms with E-state index in [1.807, 2.05) is 0 Å². The van der Waals surface area contributed by atoms with E-state index >= 15 is 0 Å². The second-order valence-electron chi connectivity index (χ2n) is 3.76. The van der Waals surface area contributed by atoms with E-state index < -0.39 is 11.7 Å². The highest BCUT2D eigenvalue weighted by atomic mass is 35.5. The number of nitrogens with one attached hydrogen (secondary N) is 1. The first-order chi connectivity index (χ1) is 8.97. The summed E-state index contributed by atoms with van der Waals surface area (Å²) in [7, 11) is 0. The van der Waals surface area contributed by atoms with Crippen LogP contribution in [0.1, 0.15) is 15.9 Å². The number of nitrogens with zero attached hydrogens (tertiary/aromatic N) is 2. The summed E-state index contributed by atoms with van der Waals surface area (Å²) in [5.74, 6) is -0.943. The van der Waals surface area contributed by atoms with Gasteiger partial charge < -0.3 is 5.32 Å². The summed E-state index contributed by atoms with van der Waals surface area (Å²) in [6.07, 6.45) is 1.21. The second-order valence-corrected chi connectivity index (χ2v) is 4.46. The molecule has 0 atom stereocenters. The number of carbonyl (C=O) groups is 1. The van der Waals surface area contributed by atoms with Crippen molar-refractivity contribution in [2.45, 2.75) is 6.92 Å². The number of hydrogen-bond donors (Lipinski definition) is 1. The Bertz CT molecular complexity index is 649. The number of amides is 1. The molecule has 19 heavy (non-hydrogen) atoms. The molecule has 0 bridgehead atoms. The van der Waals surface area contributed by atoms with E-state index in [-0.39, 0.29) is 16.0 Å². The molecule has 2 aromatic rings. The fraction of sp³-hybridized carbons (Fsp3) is 0.0833. The molecule has 1 heterocycles. The van der Waals surface area contributed by atoms with Crippen molar-refractivity contribution in [3.8, 4) is 0 Å². The zero-order valence-corrected chi connectivity index (χ0v) is 11.3. The Hall–Kier alpha value is -1.72. The van der Waals surface area contributed by atoms with Gasteiger partial charge in [-0.15, -0.1) is 0 Å². The van der Waals surface area contributed by atoms with Crippen LogP contribution in [0.5, 0.6) is 0 Å². The van der Waals surface area contributed by atoms with Crippen LogP contribution >= 0.6 is 23.2 Å². The van der Waals surface area contributed by atoms with Gasteiger partial charge >= 0.3 is 0 Å². The van der Waals surface area contributed by atoms with Gasteiger partial charge in [0.1, 0.15) is 11.0 Å². The third-order valence-corrected chi connectivity index (χ3v) is 2.86. The predicted molar refractivity (Wildman–Crippen MR) is 71.1 cm³/mol. The number of anilines is 1. The average molecular weight is 300 g/mol. The summed E-state index contributed by atoms with van der Waals surface area (Å²) < 4.78 is 13.3. The highest BCUT2D eigenvalue weighted by Gasteiger charge is 2.13. The first-order valence-corrected chi connectivity index (χ1v) is 5.98. The van der Waals surface area contributed by atoms with Crippen LogP contribution in [0.3, 0.4) is 0 Å². The minimum atomic E-state index is -0.537. The quantitative estimate of drug-likeness (QED) is 0.682. The summed E-state index contributed by atoms with van der Waals surface area (Å²) in [6, 6.07) is 4.36. The number of carbonyl (C=O) groups excluding carboxylic acids is 1. The molecule has 0 unspecified atom stereocenters. The van der Waals surface area contributed by atoms with Crippen LogP contribution in [0, 0.1) is 12.7 Å².